The quantitative estimate of drug-likeness (QED) is 0.822. The number of hydrogen-bond acceptors (Lipinski definition) is 4. The molecule has 1 amide bonds. The molecule has 0 unspecified atom stereocenters. The van der Waals surface area contributed by atoms with Gasteiger partial charge in [0.2, 0.25) is 10.9 Å². The first-order valence-electron chi connectivity index (χ1n) is 7.30. The van der Waals surface area contributed by atoms with E-state index in [-0.39, 0.29) is 22.9 Å². The van der Waals surface area contributed by atoms with Gasteiger partial charge in [-0.2, -0.15) is 4.31 Å². The molecule has 22 heavy (non-hydrogen) atoms. The Morgan fingerprint density at radius 3 is 2.45 bits per heavy atom. The average molecular weight is 391 g/mol. The normalized spacial score (nSPS) is 20.5. The van der Waals surface area contributed by atoms with Crippen LogP contribution in [0, 0.1) is 12.8 Å². The van der Waals surface area contributed by atoms with E-state index in [1.165, 1.54) is 4.31 Å². The van der Waals surface area contributed by atoms with Gasteiger partial charge in [0.25, 0.3) is 10.0 Å². The molecule has 1 saturated heterocycles. The van der Waals surface area contributed by atoms with E-state index in [4.69, 9.17) is 0 Å². The summed E-state index contributed by atoms with van der Waals surface area (Å²) in [7, 11) is -1.86. The summed E-state index contributed by atoms with van der Waals surface area (Å²) in [6.45, 7) is 2.37. The maximum Gasteiger partial charge on any atom is 0.263 e. The fraction of sp³-hybridized carbons (Fsp3) is 0.692. The van der Waals surface area contributed by atoms with E-state index in [0.29, 0.717) is 23.5 Å². The summed E-state index contributed by atoms with van der Waals surface area (Å²) in [6, 6.07) is -0.0912. The maximum atomic E-state index is 12.5. The number of imidazole rings is 1. The summed E-state index contributed by atoms with van der Waals surface area (Å²) in [5, 5.41) is 2.96. The molecule has 1 aliphatic heterocycles. The SMILES string of the molecule is Cc1nc(S(=O)(=O)N2CC(NC(=O)C3CCC3)C2)c(Br)n1C. The highest BCUT2D eigenvalue weighted by Gasteiger charge is 2.41. The molecule has 0 atom stereocenters. The van der Waals surface area contributed by atoms with Gasteiger partial charge in [-0.15, -0.1) is 0 Å². The van der Waals surface area contributed by atoms with Gasteiger partial charge in [-0.05, 0) is 35.7 Å². The zero-order valence-corrected chi connectivity index (χ0v) is 14.9. The predicted octanol–water partition coefficient (Wildman–Crippen LogP) is 0.780. The average Bonchev–Trinajstić information content (AvgIpc) is 2.59. The van der Waals surface area contributed by atoms with Gasteiger partial charge in [0.15, 0.2) is 0 Å². The number of aromatic nitrogens is 2. The van der Waals surface area contributed by atoms with Crippen molar-refractivity contribution in [2.24, 2.45) is 13.0 Å². The molecule has 1 saturated carbocycles. The maximum absolute atomic E-state index is 12.5. The van der Waals surface area contributed by atoms with Gasteiger partial charge in [0.05, 0.1) is 6.04 Å². The molecule has 2 heterocycles. The summed E-state index contributed by atoms with van der Waals surface area (Å²) in [5.74, 6) is 0.808. The predicted molar refractivity (Wildman–Crippen MR) is 83.7 cm³/mol. The van der Waals surface area contributed by atoms with E-state index < -0.39 is 10.0 Å². The van der Waals surface area contributed by atoms with Crippen LogP contribution in [0.4, 0.5) is 0 Å². The number of halogens is 1. The highest BCUT2D eigenvalue weighted by atomic mass is 79.9. The van der Waals surface area contributed by atoms with Crippen LogP contribution in [0.25, 0.3) is 0 Å². The minimum Gasteiger partial charge on any atom is -0.350 e. The van der Waals surface area contributed by atoms with Crippen molar-refractivity contribution in [2.45, 2.75) is 37.3 Å². The van der Waals surface area contributed by atoms with Crippen molar-refractivity contribution in [3.63, 3.8) is 0 Å². The Bertz CT molecular complexity index is 705. The highest BCUT2D eigenvalue weighted by Crippen LogP contribution is 2.29. The van der Waals surface area contributed by atoms with Crippen LogP contribution in [0.2, 0.25) is 0 Å². The van der Waals surface area contributed by atoms with Gasteiger partial charge in [-0.25, -0.2) is 13.4 Å². The largest absolute Gasteiger partial charge is 0.350 e. The van der Waals surface area contributed by atoms with Crippen LogP contribution in [0.5, 0.6) is 0 Å². The van der Waals surface area contributed by atoms with E-state index in [1.54, 1.807) is 18.5 Å². The lowest BCUT2D eigenvalue weighted by Crippen LogP contribution is -2.61. The first-order chi connectivity index (χ1) is 10.3. The lowest BCUT2D eigenvalue weighted by atomic mass is 9.84. The standard InChI is InChI=1S/C13H19BrN4O3S/c1-8-15-13(11(14)17(8)2)22(20,21)18-6-10(7-18)16-12(19)9-4-3-5-9/h9-10H,3-7H2,1-2H3,(H,16,19). The second-order valence-corrected chi connectivity index (χ2v) is 8.57. The van der Waals surface area contributed by atoms with Crippen LogP contribution in [0.3, 0.4) is 0 Å². The summed E-state index contributed by atoms with van der Waals surface area (Å²) >= 11 is 3.27. The van der Waals surface area contributed by atoms with Crippen LogP contribution >= 0.6 is 15.9 Å². The van der Waals surface area contributed by atoms with Gasteiger partial charge < -0.3 is 9.88 Å². The summed E-state index contributed by atoms with van der Waals surface area (Å²) < 4.78 is 28.6. The Hall–Kier alpha value is -0.930. The molecule has 1 aliphatic carbocycles. The Balaban J connectivity index is 1.63. The smallest absolute Gasteiger partial charge is 0.263 e. The fourth-order valence-corrected chi connectivity index (χ4v) is 5.11. The van der Waals surface area contributed by atoms with Gasteiger partial charge in [0.1, 0.15) is 10.4 Å². The summed E-state index contributed by atoms with van der Waals surface area (Å²) in [6.07, 6.45) is 3.00. The van der Waals surface area contributed by atoms with Crippen LogP contribution in [0.1, 0.15) is 25.1 Å². The zero-order valence-electron chi connectivity index (χ0n) is 12.5. The number of amides is 1. The van der Waals surface area contributed by atoms with E-state index in [0.717, 1.165) is 19.3 Å². The van der Waals surface area contributed by atoms with E-state index in [9.17, 15) is 13.2 Å². The number of sulfonamides is 1. The molecule has 1 aromatic heterocycles. The van der Waals surface area contributed by atoms with Crippen LogP contribution in [-0.4, -0.2) is 47.3 Å². The molecule has 0 aromatic carbocycles. The van der Waals surface area contributed by atoms with Gasteiger partial charge >= 0.3 is 0 Å². The Labute approximate surface area is 138 Å². The van der Waals surface area contributed by atoms with E-state index >= 15 is 0 Å². The number of nitrogens with zero attached hydrogens (tertiary/aromatic N) is 3. The molecule has 1 aromatic rings. The third kappa shape index (κ3) is 2.59. The number of aryl methyl sites for hydroxylation is 1. The number of carbonyl (C=O) groups excluding carboxylic acids is 1. The molecule has 0 bridgehead atoms. The van der Waals surface area contributed by atoms with Crippen LogP contribution in [-0.2, 0) is 21.9 Å². The highest BCUT2D eigenvalue weighted by molar-refractivity contribution is 9.10. The molecular formula is C13H19BrN4O3S. The number of rotatable bonds is 4. The minimum absolute atomic E-state index is 0.0382. The Morgan fingerprint density at radius 1 is 1.36 bits per heavy atom. The third-order valence-electron chi connectivity index (χ3n) is 4.47. The van der Waals surface area contributed by atoms with E-state index in [2.05, 4.69) is 26.2 Å². The molecule has 2 fully saturated rings. The number of nitrogens with one attached hydrogen (secondary N) is 1. The lowest BCUT2D eigenvalue weighted by molar-refractivity contribution is -0.128. The summed E-state index contributed by atoms with van der Waals surface area (Å²) in [4.78, 5) is 16.0. The molecule has 122 valence electrons. The summed E-state index contributed by atoms with van der Waals surface area (Å²) in [5.41, 5.74) is 0. The van der Waals surface area contributed by atoms with Crippen LogP contribution < -0.4 is 5.32 Å². The van der Waals surface area contributed by atoms with Crippen molar-refractivity contribution in [1.82, 2.24) is 19.2 Å². The first kappa shape index (κ1) is 15.9. The molecule has 0 spiro atoms. The van der Waals surface area contributed by atoms with Crippen molar-refractivity contribution in [3.05, 3.63) is 10.4 Å². The monoisotopic (exact) mass is 390 g/mol. The van der Waals surface area contributed by atoms with Crippen molar-refractivity contribution >= 4 is 31.9 Å². The topological polar surface area (TPSA) is 84.3 Å². The first-order valence-corrected chi connectivity index (χ1v) is 9.53. The van der Waals surface area contributed by atoms with Crippen molar-refractivity contribution < 1.29 is 13.2 Å². The van der Waals surface area contributed by atoms with Crippen LogP contribution in [0.15, 0.2) is 9.63 Å². The van der Waals surface area contributed by atoms with Crippen molar-refractivity contribution in [3.8, 4) is 0 Å². The van der Waals surface area contributed by atoms with Gasteiger partial charge in [-0.1, -0.05) is 6.42 Å². The number of hydrogen-bond donors (Lipinski definition) is 1. The fourth-order valence-electron chi connectivity index (χ4n) is 2.56. The van der Waals surface area contributed by atoms with Crippen molar-refractivity contribution in [2.75, 3.05) is 13.1 Å². The molecule has 2 aliphatic rings. The van der Waals surface area contributed by atoms with E-state index in [1.807, 2.05) is 0 Å². The van der Waals surface area contributed by atoms with Gasteiger partial charge in [-0.3, -0.25) is 4.79 Å². The molecular weight excluding hydrogens is 372 g/mol. The minimum atomic E-state index is -3.61. The van der Waals surface area contributed by atoms with Crippen molar-refractivity contribution in [1.29, 1.82) is 0 Å². The third-order valence-corrected chi connectivity index (χ3v) is 7.40. The molecule has 7 nitrogen and oxygen atoms in total. The second kappa shape index (κ2) is 5.61. The number of carbonyl (C=O) groups is 1. The Morgan fingerprint density at radius 2 is 2.00 bits per heavy atom. The molecule has 3 rings (SSSR count). The lowest BCUT2D eigenvalue weighted by Gasteiger charge is -2.39. The molecule has 1 N–H and O–H groups in total. The second-order valence-electron chi connectivity index (χ2n) is 5.97. The zero-order chi connectivity index (χ0) is 16.1. The molecule has 9 heteroatoms. The Kier molecular flexibility index (Phi) is 4.07. The van der Waals surface area contributed by atoms with Gasteiger partial charge in [0, 0.05) is 26.1 Å². The molecule has 0 radical (unpaired) electrons.